The van der Waals surface area contributed by atoms with Gasteiger partial charge in [-0.2, -0.15) is 0 Å². The van der Waals surface area contributed by atoms with E-state index >= 15 is 0 Å². The van der Waals surface area contributed by atoms with Crippen molar-refractivity contribution in [2.75, 3.05) is 6.54 Å². The molecule has 5 nitrogen and oxygen atoms in total. The molecule has 0 spiro atoms. The Morgan fingerprint density at radius 1 is 1.35 bits per heavy atom. The second-order valence-corrected chi connectivity index (χ2v) is 4.12. The van der Waals surface area contributed by atoms with Crippen molar-refractivity contribution in [3.8, 4) is 11.5 Å². The van der Waals surface area contributed by atoms with Crippen LogP contribution in [0.15, 0.2) is 18.2 Å². The normalized spacial score (nSPS) is 14.2. The van der Waals surface area contributed by atoms with Gasteiger partial charge in [-0.15, -0.1) is 0 Å². The molecule has 0 bridgehead atoms. The van der Waals surface area contributed by atoms with E-state index in [1.54, 1.807) is 6.92 Å². The van der Waals surface area contributed by atoms with E-state index in [0.717, 1.165) is 0 Å². The summed E-state index contributed by atoms with van der Waals surface area (Å²) in [5.41, 5.74) is 5.74. The number of carbonyl (C=O) groups is 1. The number of carboxylic acids is 1. The number of aromatic hydroxyl groups is 2. The van der Waals surface area contributed by atoms with Crippen molar-refractivity contribution in [2.24, 2.45) is 11.7 Å². The van der Waals surface area contributed by atoms with E-state index in [4.69, 9.17) is 10.8 Å². The van der Waals surface area contributed by atoms with Gasteiger partial charge in [0.05, 0.1) is 5.92 Å². The van der Waals surface area contributed by atoms with Gasteiger partial charge in [0.25, 0.3) is 0 Å². The molecule has 0 aromatic heterocycles. The average molecular weight is 239 g/mol. The first-order valence-corrected chi connectivity index (χ1v) is 5.41. The predicted molar refractivity (Wildman–Crippen MR) is 63.0 cm³/mol. The Morgan fingerprint density at radius 3 is 2.29 bits per heavy atom. The SMILES string of the molecule is CC(CC(CN)C(=O)O)c1c(O)cccc1O. The zero-order valence-corrected chi connectivity index (χ0v) is 9.63. The number of phenols is 2. The van der Waals surface area contributed by atoms with Crippen LogP contribution >= 0.6 is 0 Å². The molecule has 1 rings (SSSR count). The zero-order chi connectivity index (χ0) is 13.0. The van der Waals surface area contributed by atoms with Gasteiger partial charge in [-0.25, -0.2) is 0 Å². The van der Waals surface area contributed by atoms with Crippen LogP contribution in [0.1, 0.15) is 24.8 Å². The second-order valence-electron chi connectivity index (χ2n) is 4.12. The van der Waals surface area contributed by atoms with E-state index in [-0.39, 0.29) is 30.4 Å². The summed E-state index contributed by atoms with van der Waals surface area (Å²) in [7, 11) is 0. The summed E-state index contributed by atoms with van der Waals surface area (Å²) in [6.07, 6.45) is 0.275. The molecule has 5 heteroatoms. The fourth-order valence-corrected chi connectivity index (χ4v) is 1.89. The number of nitrogens with two attached hydrogens (primary N) is 1. The van der Waals surface area contributed by atoms with E-state index in [2.05, 4.69) is 0 Å². The maximum Gasteiger partial charge on any atom is 0.307 e. The molecule has 0 amide bonds. The van der Waals surface area contributed by atoms with Crippen molar-refractivity contribution in [3.05, 3.63) is 23.8 Å². The minimum Gasteiger partial charge on any atom is -0.508 e. The van der Waals surface area contributed by atoms with Crippen molar-refractivity contribution in [1.82, 2.24) is 0 Å². The van der Waals surface area contributed by atoms with Crippen LogP contribution in [-0.2, 0) is 4.79 Å². The van der Waals surface area contributed by atoms with E-state index in [1.165, 1.54) is 18.2 Å². The molecule has 0 aliphatic heterocycles. The quantitative estimate of drug-likeness (QED) is 0.619. The highest BCUT2D eigenvalue weighted by atomic mass is 16.4. The van der Waals surface area contributed by atoms with Crippen LogP contribution in [0, 0.1) is 5.92 Å². The third-order valence-electron chi connectivity index (χ3n) is 2.82. The maximum absolute atomic E-state index is 10.9. The van der Waals surface area contributed by atoms with Gasteiger partial charge in [0.1, 0.15) is 11.5 Å². The molecule has 17 heavy (non-hydrogen) atoms. The van der Waals surface area contributed by atoms with E-state index in [0.29, 0.717) is 5.56 Å². The van der Waals surface area contributed by atoms with Crippen molar-refractivity contribution in [2.45, 2.75) is 19.3 Å². The molecular weight excluding hydrogens is 222 g/mol. The number of carboxylic acid groups (broad SMARTS) is 1. The van der Waals surface area contributed by atoms with Crippen molar-refractivity contribution in [1.29, 1.82) is 0 Å². The van der Waals surface area contributed by atoms with Crippen LogP contribution in [0.3, 0.4) is 0 Å². The summed E-state index contributed by atoms with van der Waals surface area (Å²) >= 11 is 0. The van der Waals surface area contributed by atoms with Gasteiger partial charge in [0.15, 0.2) is 0 Å². The molecule has 2 atom stereocenters. The molecule has 1 aromatic carbocycles. The van der Waals surface area contributed by atoms with Crippen molar-refractivity contribution < 1.29 is 20.1 Å². The third-order valence-corrected chi connectivity index (χ3v) is 2.82. The molecule has 5 N–H and O–H groups in total. The van der Waals surface area contributed by atoms with Crippen LogP contribution in [-0.4, -0.2) is 27.8 Å². The number of hydrogen-bond acceptors (Lipinski definition) is 4. The molecule has 1 aromatic rings. The van der Waals surface area contributed by atoms with E-state index in [1.807, 2.05) is 0 Å². The lowest BCUT2D eigenvalue weighted by molar-refractivity contribution is -0.141. The lowest BCUT2D eigenvalue weighted by atomic mass is 9.89. The summed E-state index contributed by atoms with van der Waals surface area (Å²) in [5.74, 6) is -1.98. The van der Waals surface area contributed by atoms with Crippen LogP contribution in [0.25, 0.3) is 0 Å². The topological polar surface area (TPSA) is 104 Å². The molecule has 0 heterocycles. The molecule has 0 aliphatic rings. The molecule has 0 saturated carbocycles. The summed E-state index contributed by atoms with van der Waals surface area (Å²) < 4.78 is 0. The van der Waals surface area contributed by atoms with E-state index < -0.39 is 11.9 Å². The average Bonchev–Trinajstić information content (AvgIpc) is 2.25. The highest BCUT2D eigenvalue weighted by Gasteiger charge is 2.23. The highest BCUT2D eigenvalue weighted by Crippen LogP contribution is 2.36. The largest absolute Gasteiger partial charge is 0.508 e. The standard InChI is InChI=1S/C12H17NO4/c1-7(5-8(6-13)12(16)17)11-9(14)3-2-4-10(11)15/h2-4,7-8,14-15H,5-6,13H2,1H3,(H,16,17). The molecule has 0 saturated heterocycles. The molecule has 2 unspecified atom stereocenters. The zero-order valence-electron chi connectivity index (χ0n) is 9.63. The predicted octanol–water partition coefficient (Wildman–Crippen LogP) is 1.25. The van der Waals surface area contributed by atoms with Crippen LogP contribution in [0.2, 0.25) is 0 Å². The molecular formula is C12H17NO4. The summed E-state index contributed by atoms with van der Waals surface area (Å²) in [5, 5.41) is 28.2. The maximum atomic E-state index is 10.9. The fraction of sp³-hybridized carbons (Fsp3) is 0.417. The number of aliphatic carboxylic acids is 1. The smallest absolute Gasteiger partial charge is 0.307 e. The van der Waals surface area contributed by atoms with Crippen molar-refractivity contribution in [3.63, 3.8) is 0 Å². The lowest BCUT2D eigenvalue weighted by Gasteiger charge is -2.18. The number of phenolic OH excluding ortho intramolecular Hbond substituents is 2. The Hall–Kier alpha value is -1.75. The van der Waals surface area contributed by atoms with Gasteiger partial charge >= 0.3 is 5.97 Å². The summed E-state index contributed by atoms with van der Waals surface area (Å²) in [6, 6.07) is 4.45. The van der Waals surface area contributed by atoms with Gasteiger partial charge in [-0.3, -0.25) is 4.79 Å². The van der Waals surface area contributed by atoms with E-state index in [9.17, 15) is 15.0 Å². The summed E-state index contributed by atoms with van der Waals surface area (Å²) in [6.45, 7) is 1.79. The Balaban J connectivity index is 2.89. The first-order valence-electron chi connectivity index (χ1n) is 5.41. The van der Waals surface area contributed by atoms with Gasteiger partial charge < -0.3 is 21.1 Å². The number of hydrogen-bond donors (Lipinski definition) is 4. The minimum absolute atomic E-state index is 0.0290. The molecule has 94 valence electrons. The van der Waals surface area contributed by atoms with Gasteiger partial charge in [-0.05, 0) is 24.5 Å². The summed E-state index contributed by atoms with van der Waals surface area (Å²) in [4.78, 5) is 10.9. The minimum atomic E-state index is -0.964. The number of rotatable bonds is 5. The lowest BCUT2D eigenvalue weighted by Crippen LogP contribution is -2.24. The van der Waals surface area contributed by atoms with Crippen molar-refractivity contribution >= 4 is 5.97 Å². The van der Waals surface area contributed by atoms with Gasteiger partial charge in [0, 0.05) is 12.1 Å². The Kier molecular flexibility index (Phi) is 4.34. The third kappa shape index (κ3) is 3.10. The fourth-order valence-electron chi connectivity index (χ4n) is 1.89. The Morgan fingerprint density at radius 2 is 1.88 bits per heavy atom. The van der Waals surface area contributed by atoms with Gasteiger partial charge in [-0.1, -0.05) is 13.0 Å². The van der Waals surface area contributed by atoms with Crippen LogP contribution in [0.4, 0.5) is 0 Å². The van der Waals surface area contributed by atoms with Gasteiger partial charge in [0.2, 0.25) is 0 Å². The number of benzene rings is 1. The Bertz CT molecular complexity index is 385. The molecule has 0 fully saturated rings. The Labute approximate surface area is 99.5 Å². The second kappa shape index (κ2) is 5.54. The first-order chi connectivity index (χ1) is 7.97. The van der Waals surface area contributed by atoms with Crippen LogP contribution < -0.4 is 5.73 Å². The van der Waals surface area contributed by atoms with Crippen LogP contribution in [0.5, 0.6) is 11.5 Å². The monoisotopic (exact) mass is 239 g/mol. The molecule has 0 radical (unpaired) electrons. The molecule has 0 aliphatic carbocycles. The first kappa shape index (κ1) is 13.3. The highest BCUT2D eigenvalue weighted by molar-refractivity contribution is 5.70.